The molecule has 1 heterocycles. The van der Waals surface area contributed by atoms with Crippen molar-refractivity contribution in [3.05, 3.63) is 29.3 Å². The Morgan fingerprint density at radius 3 is 2.93 bits per heavy atom. The molecule has 0 aromatic heterocycles. The van der Waals surface area contributed by atoms with Crippen LogP contribution in [0.25, 0.3) is 0 Å². The molecular weight excluding hydrogens is 188 g/mol. The minimum Gasteiger partial charge on any atom is -0.411 e. The van der Waals surface area contributed by atoms with Crippen LogP contribution in [0.4, 0.5) is 5.69 Å². The average molecular weight is 202 g/mol. The molecule has 1 aromatic carbocycles. The standard InChI is InChI=1S/C12H14N2O/c1-8(2)11-6-10-4-3-9(7-13-15)5-12(10)14-11/h3-5,7-8,15H,6H2,1-2H3. The van der Waals surface area contributed by atoms with Crippen molar-refractivity contribution in [3.8, 4) is 0 Å². The van der Waals surface area contributed by atoms with Crippen LogP contribution >= 0.6 is 0 Å². The Bertz CT molecular complexity index is 433. The average Bonchev–Trinajstić information content (AvgIpc) is 2.61. The smallest absolute Gasteiger partial charge is 0.0734 e. The van der Waals surface area contributed by atoms with Crippen LogP contribution in [0.1, 0.15) is 25.0 Å². The van der Waals surface area contributed by atoms with E-state index >= 15 is 0 Å². The molecule has 0 atom stereocenters. The Morgan fingerprint density at radius 1 is 1.47 bits per heavy atom. The van der Waals surface area contributed by atoms with E-state index in [1.165, 1.54) is 17.5 Å². The zero-order valence-electron chi connectivity index (χ0n) is 8.94. The lowest BCUT2D eigenvalue weighted by Crippen LogP contribution is -2.06. The van der Waals surface area contributed by atoms with Gasteiger partial charge in [-0.2, -0.15) is 0 Å². The predicted octanol–water partition coefficient (Wildman–Crippen LogP) is 2.78. The third kappa shape index (κ3) is 1.91. The van der Waals surface area contributed by atoms with Gasteiger partial charge >= 0.3 is 0 Å². The topological polar surface area (TPSA) is 45.0 Å². The summed E-state index contributed by atoms with van der Waals surface area (Å²) in [5, 5.41) is 11.5. The molecule has 0 aliphatic carbocycles. The molecule has 1 aliphatic rings. The lowest BCUT2D eigenvalue weighted by atomic mass is 10.0. The van der Waals surface area contributed by atoms with Crippen molar-refractivity contribution in [2.24, 2.45) is 16.1 Å². The molecule has 3 nitrogen and oxygen atoms in total. The Kier molecular flexibility index (Phi) is 2.54. The van der Waals surface area contributed by atoms with Crippen LogP contribution in [0.2, 0.25) is 0 Å². The van der Waals surface area contributed by atoms with Gasteiger partial charge in [0.05, 0.1) is 11.9 Å². The number of benzene rings is 1. The maximum Gasteiger partial charge on any atom is 0.0734 e. The molecule has 0 radical (unpaired) electrons. The van der Waals surface area contributed by atoms with Gasteiger partial charge in [0, 0.05) is 12.1 Å². The summed E-state index contributed by atoms with van der Waals surface area (Å²) in [5.41, 5.74) is 4.37. The van der Waals surface area contributed by atoms with Gasteiger partial charge < -0.3 is 5.21 Å². The quantitative estimate of drug-likeness (QED) is 0.447. The molecule has 78 valence electrons. The van der Waals surface area contributed by atoms with Crippen LogP contribution < -0.4 is 0 Å². The normalized spacial score (nSPS) is 14.7. The summed E-state index contributed by atoms with van der Waals surface area (Å²) in [6.07, 6.45) is 2.37. The van der Waals surface area contributed by atoms with Gasteiger partial charge in [0.1, 0.15) is 0 Å². The summed E-state index contributed by atoms with van der Waals surface area (Å²) >= 11 is 0. The molecule has 1 aliphatic heterocycles. The van der Waals surface area contributed by atoms with E-state index < -0.39 is 0 Å². The van der Waals surface area contributed by atoms with E-state index in [9.17, 15) is 0 Å². The summed E-state index contributed by atoms with van der Waals surface area (Å²) in [6, 6.07) is 5.94. The van der Waals surface area contributed by atoms with Gasteiger partial charge in [0.15, 0.2) is 0 Å². The minimum absolute atomic E-state index is 0.493. The van der Waals surface area contributed by atoms with Gasteiger partial charge in [-0.15, -0.1) is 0 Å². The Morgan fingerprint density at radius 2 is 2.27 bits per heavy atom. The molecular formula is C12H14N2O. The second-order valence-electron chi connectivity index (χ2n) is 4.07. The summed E-state index contributed by atoms with van der Waals surface area (Å²) in [5.74, 6) is 0.493. The lowest BCUT2D eigenvalue weighted by Gasteiger charge is -2.01. The van der Waals surface area contributed by atoms with Crippen LogP contribution in [-0.2, 0) is 6.42 Å². The van der Waals surface area contributed by atoms with E-state index in [1.54, 1.807) is 0 Å². The van der Waals surface area contributed by atoms with Crippen molar-refractivity contribution in [2.45, 2.75) is 20.3 Å². The summed E-state index contributed by atoms with van der Waals surface area (Å²) in [4.78, 5) is 4.57. The van der Waals surface area contributed by atoms with E-state index in [0.717, 1.165) is 17.7 Å². The number of fused-ring (bicyclic) bond motifs is 1. The molecule has 0 fully saturated rings. The van der Waals surface area contributed by atoms with E-state index in [1.807, 2.05) is 18.2 Å². The molecule has 15 heavy (non-hydrogen) atoms. The largest absolute Gasteiger partial charge is 0.411 e. The van der Waals surface area contributed by atoms with Gasteiger partial charge in [-0.3, -0.25) is 4.99 Å². The van der Waals surface area contributed by atoms with Gasteiger partial charge in [0.2, 0.25) is 0 Å². The summed E-state index contributed by atoms with van der Waals surface area (Å²) in [7, 11) is 0. The van der Waals surface area contributed by atoms with Crippen molar-refractivity contribution < 1.29 is 5.21 Å². The predicted molar refractivity (Wildman–Crippen MR) is 61.5 cm³/mol. The third-order valence-electron chi connectivity index (χ3n) is 2.62. The Hall–Kier alpha value is -1.64. The Labute approximate surface area is 89.2 Å². The monoisotopic (exact) mass is 202 g/mol. The van der Waals surface area contributed by atoms with Gasteiger partial charge in [0.25, 0.3) is 0 Å². The van der Waals surface area contributed by atoms with E-state index in [2.05, 4.69) is 24.0 Å². The highest BCUT2D eigenvalue weighted by Gasteiger charge is 2.16. The summed E-state index contributed by atoms with van der Waals surface area (Å²) < 4.78 is 0. The summed E-state index contributed by atoms with van der Waals surface area (Å²) in [6.45, 7) is 4.31. The first kappa shape index (κ1) is 9.90. The molecule has 0 spiro atoms. The maximum atomic E-state index is 8.44. The first-order chi connectivity index (χ1) is 7.20. The van der Waals surface area contributed by atoms with Crippen LogP contribution in [0.5, 0.6) is 0 Å². The first-order valence-corrected chi connectivity index (χ1v) is 5.08. The number of nitrogens with zero attached hydrogens (tertiary/aromatic N) is 2. The zero-order valence-corrected chi connectivity index (χ0v) is 8.94. The molecule has 0 saturated heterocycles. The highest BCUT2D eigenvalue weighted by Crippen LogP contribution is 2.29. The number of hydrogen-bond donors (Lipinski definition) is 1. The molecule has 3 heteroatoms. The number of oxime groups is 1. The molecule has 1 N–H and O–H groups in total. The van der Waals surface area contributed by atoms with E-state index in [0.29, 0.717) is 5.92 Å². The molecule has 0 unspecified atom stereocenters. The second kappa shape index (κ2) is 3.85. The molecule has 0 saturated carbocycles. The highest BCUT2D eigenvalue weighted by molar-refractivity contribution is 5.96. The van der Waals surface area contributed by atoms with Crippen molar-refractivity contribution >= 4 is 17.6 Å². The van der Waals surface area contributed by atoms with Crippen LogP contribution in [0, 0.1) is 5.92 Å². The van der Waals surface area contributed by atoms with E-state index in [-0.39, 0.29) is 0 Å². The third-order valence-corrected chi connectivity index (χ3v) is 2.62. The van der Waals surface area contributed by atoms with Crippen molar-refractivity contribution in [1.29, 1.82) is 0 Å². The maximum absolute atomic E-state index is 8.44. The van der Waals surface area contributed by atoms with Crippen molar-refractivity contribution in [3.63, 3.8) is 0 Å². The fraction of sp³-hybridized carbons (Fsp3) is 0.333. The van der Waals surface area contributed by atoms with Crippen LogP contribution in [-0.4, -0.2) is 17.1 Å². The fourth-order valence-corrected chi connectivity index (χ4v) is 1.70. The van der Waals surface area contributed by atoms with Gasteiger partial charge in [-0.25, -0.2) is 0 Å². The molecule has 1 aromatic rings. The molecule has 2 rings (SSSR count). The van der Waals surface area contributed by atoms with Gasteiger partial charge in [-0.1, -0.05) is 31.1 Å². The number of rotatable bonds is 2. The Balaban J connectivity index is 2.34. The van der Waals surface area contributed by atoms with Crippen LogP contribution in [0.3, 0.4) is 0 Å². The van der Waals surface area contributed by atoms with E-state index in [4.69, 9.17) is 5.21 Å². The van der Waals surface area contributed by atoms with Crippen LogP contribution in [0.15, 0.2) is 28.3 Å². The lowest BCUT2D eigenvalue weighted by molar-refractivity contribution is 0.322. The number of hydrogen-bond acceptors (Lipinski definition) is 3. The second-order valence-corrected chi connectivity index (χ2v) is 4.07. The minimum atomic E-state index is 0.493. The first-order valence-electron chi connectivity index (χ1n) is 5.08. The molecule has 0 bridgehead atoms. The SMILES string of the molecule is CC(C)C1=Nc2cc(C=NO)ccc2C1. The number of aliphatic imine (C=N–C) groups is 1. The fourth-order valence-electron chi connectivity index (χ4n) is 1.70. The van der Waals surface area contributed by atoms with Crippen molar-refractivity contribution in [2.75, 3.05) is 0 Å². The zero-order chi connectivity index (χ0) is 10.8. The molecule has 0 amide bonds. The van der Waals surface area contributed by atoms with Crippen molar-refractivity contribution in [1.82, 2.24) is 0 Å². The van der Waals surface area contributed by atoms with Gasteiger partial charge in [-0.05, 0) is 23.1 Å². The highest BCUT2D eigenvalue weighted by atomic mass is 16.4.